The highest BCUT2D eigenvalue weighted by Crippen LogP contribution is 2.40. The Morgan fingerprint density at radius 3 is 2.50 bits per heavy atom. The number of hydrogen-bond donors (Lipinski definition) is 2. The van der Waals surface area contributed by atoms with Crippen LogP contribution in [0.2, 0.25) is 0 Å². The molecule has 2 aromatic heterocycles. The van der Waals surface area contributed by atoms with Crippen LogP contribution in [0, 0.1) is 11.3 Å². The standard InChI is InChI=1S/C21H25BN4O2/c22-20-18-9-17(10-23)28-19(18)11-24-21(20)25-12-1-3-13(4-2-12)26-14-5-6-15(26)8-16(27)7-14/h9,11-16,27H,1-8H2,(H,24,25). The zero-order valence-corrected chi connectivity index (χ0v) is 16.0. The first-order valence-corrected chi connectivity index (χ1v) is 10.4. The van der Waals surface area contributed by atoms with Crippen LogP contribution in [-0.4, -0.2) is 53.1 Å². The molecule has 0 spiro atoms. The number of aliphatic hydroxyl groups excluding tert-OH is 1. The van der Waals surface area contributed by atoms with Gasteiger partial charge in [-0.15, -0.1) is 0 Å². The smallest absolute Gasteiger partial charge is 0.204 e. The van der Waals surface area contributed by atoms with Gasteiger partial charge in [0.1, 0.15) is 19.7 Å². The average Bonchev–Trinajstić information content (AvgIpc) is 3.24. The number of aromatic nitrogens is 1. The molecule has 2 radical (unpaired) electrons. The van der Waals surface area contributed by atoms with Crippen LogP contribution in [0.15, 0.2) is 16.7 Å². The quantitative estimate of drug-likeness (QED) is 0.799. The summed E-state index contributed by atoms with van der Waals surface area (Å²) in [7, 11) is 6.28. The molecule has 28 heavy (non-hydrogen) atoms. The maximum atomic E-state index is 10.1. The van der Waals surface area contributed by atoms with Gasteiger partial charge in [-0.25, -0.2) is 4.98 Å². The van der Waals surface area contributed by atoms with Crippen LogP contribution in [0.4, 0.5) is 5.82 Å². The number of pyridine rings is 1. The van der Waals surface area contributed by atoms with Crippen molar-refractivity contribution in [2.24, 2.45) is 0 Å². The molecule has 2 atom stereocenters. The van der Waals surface area contributed by atoms with Crippen molar-refractivity contribution in [2.75, 3.05) is 5.32 Å². The summed E-state index contributed by atoms with van der Waals surface area (Å²) in [5.41, 5.74) is 1.10. The molecule has 2 bridgehead atoms. The normalized spacial score (nSPS) is 33.1. The fourth-order valence-corrected chi connectivity index (χ4v) is 5.69. The summed E-state index contributed by atoms with van der Waals surface area (Å²) < 4.78 is 5.40. The molecule has 3 fully saturated rings. The second kappa shape index (κ2) is 7.09. The van der Waals surface area contributed by atoms with Gasteiger partial charge in [0.25, 0.3) is 0 Å². The summed E-state index contributed by atoms with van der Waals surface area (Å²) in [4.78, 5) is 7.15. The molecule has 144 valence electrons. The van der Waals surface area contributed by atoms with Crippen molar-refractivity contribution < 1.29 is 9.52 Å². The molecule has 0 aromatic carbocycles. The highest BCUT2D eigenvalue weighted by molar-refractivity contribution is 6.41. The number of rotatable bonds is 3. The molecule has 2 aromatic rings. The molecule has 4 heterocycles. The van der Waals surface area contributed by atoms with Crippen molar-refractivity contribution in [3.63, 3.8) is 0 Å². The monoisotopic (exact) mass is 376 g/mol. The van der Waals surface area contributed by atoms with Gasteiger partial charge in [0.05, 0.1) is 12.3 Å². The third-order valence-corrected chi connectivity index (χ3v) is 6.95. The second-order valence-electron chi connectivity index (χ2n) is 8.63. The molecule has 5 rings (SSSR count). The Hall–Kier alpha value is -2.04. The van der Waals surface area contributed by atoms with Crippen LogP contribution in [0.1, 0.15) is 57.1 Å². The van der Waals surface area contributed by atoms with E-state index in [0.29, 0.717) is 41.0 Å². The van der Waals surface area contributed by atoms with E-state index in [1.54, 1.807) is 12.3 Å². The van der Waals surface area contributed by atoms with E-state index in [2.05, 4.69) is 15.2 Å². The molecular formula is C21H25BN4O2. The zero-order valence-electron chi connectivity index (χ0n) is 16.0. The molecule has 2 aliphatic heterocycles. The predicted octanol–water partition coefficient (Wildman–Crippen LogP) is 2.20. The van der Waals surface area contributed by atoms with E-state index in [0.717, 1.165) is 31.1 Å². The fourth-order valence-electron chi connectivity index (χ4n) is 5.69. The van der Waals surface area contributed by atoms with Gasteiger partial charge < -0.3 is 14.8 Å². The van der Waals surface area contributed by atoms with Crippen molar-refractivity contribution in [3.8, 4) is 6.07 Å². The Balaban J connectivity index is 1.24. The number of aliphatic hydroxyl groups is 1. The second-order valence-corrected chi connectivity index (χ2v) is 8.63. The number of nitrogens with zero attached hydrogens (tertiary/aromatic N) is 3. The number of furan rings is 1. The van der Waals surface area contributed by atoms with Crippen molar-refractivity contribution in [1.29, 1.82) is 5.26 Å². The Kier molecular flexibility index (Phi) is 4.56. The lowest BCUT2D eigenvalue weighted by Gasteiger charge is -2.45. The van der Waals surface area contributed by atoms with Gasteiger partial charge in [0, 0.05) is 35.6 Å². The van der Waals surface area contributed by atoms with E-state index in [1.807, 2.05) is 6.07 Å². The van der Waals surface area contributed by atoms with Crippen LogP contribution in [0.5, 0.6) is 0 Å². The highest BCUT2D eigenvalue weighted by Gasteiger charge is 2.44. The van der Waals surface area contributed by atoms with Crippen molar-refractivity contribution in [2.45, 2.75) is 81.6 Å². The first-order valence-electron chi connectivity index (χ1n) is 10.4. The number of nitrogens with one attached hydrogen (secondary N) is 1. The molecule has 2 saturated heterocycles. The molecule has 1 saturated carbocycles. The van der Waals surface area contributed by atoms with Gasteiger partial charge in [0.2, 0.25) is 5.76 Å². The molecular weight excluding hydrogens is 351 g/mol. The van der Waals surface area contributed by atoms with E-state index in [4.69, 9.17) is 17.5 Å². The SMILES string of the molecule is [B]c1c(NC2CCC(N3C4CCC3CC(O)C4)CC2)ncc2oc(C#N)cc12. The topological polar surface area (TPSA) is 85.3 Å². The molecule has 7 heteroatoms. The van der Waals surface area contributed by atoms with E-state index >= 15 is 0 Å². The molecule has 0 amide bonds. The van der Waals surface area contributed by atoms with Gasteiger partial charge >= 0.3 is 0 Å². The van der Waals surface area contributed by atoms with Gasteiger partial charge in [-0.2, -0.15) is 5.26 Å². The van der Waals surface area contributed by atoms with Crippen LogP contribution >= 0.6 is 0 Å². The molecule has 3 aliphatic rings. The Morgan fingerprint density at radius 1 is 1.14 bits per heavy atom. The van der Waals surface area contributed by atoms with Gasteiger partial charge in [-0.3, -0.25) is 4.90 Å². The van der Waals surface area contributed by atoms with Gasteiger partial charge in [-0.1, -0.05) is 0 Å². The third-order valence-electron chi connectivity index (χ3n) is 6.95. The van der Waals surface area contributed by atoms with Crippen LogP contribution < -0.4 is 10.8 Å². The van der Waals surface area contributed by atoms with Crippen LogP contribution in [0.25, 0.3) is 11.0 Å². The Morgan fingerprint density at radius 2 is 1.82 bits per heavy atom. The number of fused-ring (bicyclic) bond motifs is 3. The predicted molar refractivity (Wildman–Crippen MR) is 108 cm³/mol. The maximum Gasteiger partial charge on any atom is 0.204 e. The molecule has 2 N–H and O–H groups in total. The average molecular weight is 376 g/mol. The minimum Gasteiger partial charge on any atom is -0.444 e. The van der Waals surface area contributed by atoms with Crippen molar-refractivity contribution >= 4 is 30.1 Å². The number of anilines is 1. The fraction of sp³-hybridized carbons (Fsp3) is 0.619. The van der Waals surface area contributed by atoms with Crippen LogP contribution in [0.3, 0.4) is 0 Å². The Labute approximate surface area is 166 Å². The number of piperidine rings is 1. The summed E-state index contributed by atoms with van der Waals surface area (Å²) in [6.07, 6.45) is 10.5. The summed E-state index contributed by atoms with van der Waals surface area (Å²) in [5.74, 6) is 0.935. The largest absolute Gasteiger partial charge is 0.444 e. The zero-order chi connectivity index (χ0) is 19.3. The lowest BCUT2D eigenvalue weighted by atomic mass is 9.86. The lowest BCUT2D eigenvalue weighted by Crippen LogP contribution is -2.51. The summed E-state index contributed by atoms with van der Waals surface area (Å²) in [5, 5.41) is 23.3. The van der Waals surface area contributed by atoms with E-state index < -0.39 is 0 Å². The maximum absolute atomic E-state index is 10.1. The summed E-state index contributed by atoms with van der Waals surface area (Å²) in [6, 6.07) is 5.85. The molecule has 1 aliphatic carbocycles. The summed E-state index contributed by atoms with van der Waals surface area (Å²) in [6.45, 7) is 0. The minimum absolute atomic E-state index is 0.0970. The van der Waals surface area contributed by atoms with Crippen molar-refractivity contribution in [3.05, 3.63) is 18.0 Å². The van der Waals surface area contributed by atoms with Crippen LogP contribution in [-0.2, 0) is 0 Å². The Bertz CT molecular complexity index is 901. The molecule has 2 unspecified atom stereocenters. The highest BCUT2D eigenvalue weighted by atomic mass is 16.3. The first kappa shape index (κ1) is 18.0. The third kappa shape index (κ3) is 3.09. The van der Waals surface area contributed by atoms with E-state index in [-0.39, 0.29) is 11.9 Å². The van der Waals surface area contributed by atoms with E-state index in [1.165, 1.54) is 25.7 Å². The first-order chi connectivity index (χ1) is 13.6. The number of hydrogen-bond acceptors (Lipinski definition) is 6. The minimum atomic E-state index is -0.0970. The van der Waals surface area contributed by atoms with Gasteiger partial charge in [0.15, 0.2) is 5.58 Å². The van der Waals surface area contributed by atoms with E-state index in [9.17, 15) is 5.11 Å². The molecule has 6 nitrogen and oxygen atoms in total. The lowest BCUT2D eigenvalue weighted by molar-refractivity contribution is 0.0000504. The number of nitriles is 1. The van der Waals surface area contributed by atoms with Crippen molar-refractivity contribution in [1.82, 2.24) is 9.88 Å². The van der Waals surface area contributed by atoms with Gasteiger partial charge in [-0.05, 0) is 56.8 Å². The summed E-state index contributed by atoms with van der Waals surface area (Å²) >= 11 is 0.